The lowest BCUT2D eigenvalue weighted by Gasteiger charge is -2.22. The molecule has 0 aliphatic carbocycles. The van der Waals surface area contributed by atoms with Crippen molar-refractivity contribution in [2.75, 3.05) is 5.73 Å². The van der Waals surface area contributed by atoms with Crippen LogP contribution in [0.3, 0.4) is 0 Å². The molecule has 0 atom stereocenters. The van der Waals surface area contributed by atoms with Gasteiger partial charge in [-0.3, -0.25) is 0 Å². The molecule has 31 heavy (non-hydrogen) atoms. The molecule has 0 saturated heterocycles. The molecule has 2 N–H and O–H groups in total. The Hall–Kier alpha value is -3.84. The van der Waals surface area contributed by atoms with Crippen molar-refractivity contribution >= 4 is 16.5 Å². The number of fused-ring (bicyclic) bond motifs is 1. The van der Waals surface area contributed by atoms with Crippen molar-refractivity contribution < 1.29 is 0 Å². The number of hydrogen-bond donors (Lipinski definition) is 1. The Kier molecular flexibility index (Phi) is 5.01. The van der Waals surface area contributed by atoms with Crippen LogP contribution in [-0.2, 0) is 0 Å². The maximum atomic E-state index is 6.49. The molecule has 0 amide bonds. The second-order valence-corrected chi connectivity index (χ2v) is 8.13. The summed E-state index contributed by atoms with van der Waals surface area (Å²) in [6.45, 7) is 2.12. The highest BCUT2D eigenvalue weighted by Gasteiger charge is 2.20. The summed E-state index contributed by atoms with van der Waals surface area (Å²) in [5.74, 6) is 0.113. The van der Waals surface area contributed by atoms with E-state index in [9.17, 15) is 0 Å². The molecule has 0 radical (unpaired) electrons. The minimum atomic E-state index is 0.113. The first kappa shape index (κ1) is 19.1. The van der Waals surface area contributed by atoms with Gasteiger partial charge in [0, 0.05) is 11.6 Å². The second kappa shape index (κ2) is 8.12. The molecule has 0 aliphatic rings. The van der Waals surface area contributed by atoms with Crippen molar-refractivity contribution in [2.45, 2.75) is 12.8 Å². The van der Waals surface area contributed by atoms with Crippen LogP contribution in [0.5, 0.6) is 0 Å². The van der Waals surface area contributed by atoms with Crippen molar-refractivity contribution in [3.05, 3.63) is 138 Å². The van der Waals surface area contributed by atoms with E-state index in [1.165, 1.54) is 44.2 Å². The summed E-state index contributed by atoms with van der Waals surface area (Å²) in [5.41, 5.74) is 14.7. The van der Waals surface area contributed by atoms with Crippen molar-refractivity contribution in [3.8, 4) is 11.1 Å². The molecule has 150 valence electrons. The van der Waals surface area contributed by atoms with Crippen LogP contribution in [0.1, 0.15) is 28.2 Å². The molecule has 0 heterocycles. The van der Waals surface area contributed by atoms with Gasteiger partial charge in [-0.25, -0.2) is 0 Å². The summed E-state index contributed by atoms with van der Waals surface area (Å²) in [7, 11) is 0. The minimum Gasteiger partial charge on any atom is -0.399 e. The fourth-order valence-electron chi connectivity index (χ4n) is 4.50. The molecule has 5 aromatic rings. The van der Waals surface area contributed by atoms with Crippen molar-refractivity contribution in [3.63, 3.8) is 0 Å². The lowest BCUT2D eigenvalue weighted by atomic mass is 9.81. The van der Waals surface area contributed by atoms with Gasteiger partial charge in [0.1, 0.15) is 0 Å². The molecule has 5 aromatic carbocycles. The monoisotopic (exact) mass is 399 g/mol. The van der Waals surface area contributed by atoms with Crippen LogP contribution in [0, 0.1) is 6.92 Å². The molecule has 1 heteroatoms. The van der Waals surface area contributed by atoms with E-state index in [-0.39, 0.29) is 5.92 Å². The highest BCUT2D eigenvalue weighted by molar-refractivity contribution is 6.00. The first-order valence-electron chi connectivity index (χ1n) is 10.7. The van der Waals surface area contributed by atoms with Crippen molar-refractivity contribution in [2.24, 2.45) is 0 Å². The Balaban J connectivity index is 1.79. The zero-order chi connectivity index (χ0) is 21.2. The van der Waals surface area contributed by atoms with Crippen LogP contribution in [0.2, 0.25) is 0 Å². The van der Waals surface area contributed by atoms with E-state index in [0.29, 0.717) is 0 Å². The van der Waals surface area contributed by atoms with Gasteiger partial charge < -0.3 is 5.73 Å². The van der Waals surface area contributed by atoms with Crippen LogP contribution in [-0.4, -0.2) is 0 Å². The van der Waals surface area contributed by atoms with Crippen molar-refractivity contribution in [1.82, 2.24) is 0 Å². The Morgan fingerprint density at radius 1 is 0.581 bits per heavy atom. The van der Waals surface area contributed by atoms with Gasteiger partial charge in [0.2, 0.25) is 0 Å². The second-order valence-electron chi connectivity index (χ2n) is 8.13. The number of anilines is 1. The van der Waals surface area contributed by atoms with E-state index in [0.717, 1.165) is 5.69 Å². The van der Waals surface area contributed by atoms with E-state index >= 15 is 0 Å². The molecular formula is C30H25N. The summed E-state index contributed by atoms with van der Waals surface area (Å²) in [4.78, 5) is 0. The van der Waals surface area contributed by atoms with Crippen LogP contribution in [0.15, 0.2) is 115 Å². The molecule has 0 unspecified atom stereocenters. The van der Waals surface area contributed by atoms with Crippen LogP contribution >= 0.6 is 0 Å². The first-order valence-corrected chi connectivity index (χ1v) is 10.7. The van der Waals surface area contributed by atoms with Crippen molar-refractivity contribution in [1.29, 1.82) is 0 Å². The van der Waals surface area contributed by atoms with Gasteiger partial charge in [0.15, 0.2) is 0 Å². The standard InChI is InChI=1S/C30H25N/c1-21-15-17-22(18-16-21)26-13-8-14-27-28(26)19-25(31)20-29(27)30(23-9-4-2-5-10-23)24-11-6-3-7-12-24/h2-20,30H,31H2,1H3. The number of nitrogens with two attached hydrogens (primary N) is 1. The Morgan fingerprint density at radius 3 is 1.81 bits per heavy atom. The van der Waals surface area contributed by atoms with Gasteiger partial charge in [-0.15, -0.1) is 0 Å². The number of aryl methyl sites for hydroxylation is 1. The molecule has 5 rings (SSSR count). The smallest absolute Gasteiger partial charge is 0.0346 e. The van der Waals surface area contributed by atoms with E-state index in [2.05, 4.69) is 122 Å². The molecule has 0 fully saturated rings. The van der Waals surface area contributed by atoms with Crippen LogP contribution < -0.4 is 5.73 Å². The lowest BCUT2D eigenvalue weighted by Crippen LogP contribution is -2.05. The third kappa shape index (κ3) is 3.71. The maximum absolute atomic E-state index is 6.49. The molecule has 0 bridgehead atoms. The highest BCUT2D eigenvalue weighted by atomic mass is 14.5. The van der Waals surface area contributed by atoms with Gasteiger partial charge in [-0.2, -0.15) is 0 Å². The summed E-state index contributed by atoms with van der Waals surface area (Å²) in [5, 5.41) is 2.43. The highest BCUT2D eigenvalue weighted by Crippen LogP contribution is 2.40. The zero-order valence-electron chi connectivity index (χ0n) is 17.6. The molecule has 1 nitrogen and oxygen atoms in total. The summed E-state index contributed by atoms with van der Waals surface area (Å²) < 4.78 is 0. The van der Waals surface area contributed by atoms with Gasteiger partial charge in [0.05, 0.1) is 0 Å². The third-order valence-electron chi connectivity index (χ3n) is 5.99. The fraction of sp³-hybridized carbons (Fsp3) is 0.0667. The predicted octanol–water partition coefficient (Wildman–Crippen LogP) is 7.58. The summed E-state index contributed by atoms with van der Waals surface area (Å²) >= 11 is 0. The van der Waals surface area contributed by atoms with Crippen LogP contribution in [0.4, 0.5) is 5.69 Å². The van der Waals surface area contributed by atoms with Crippen LogP contribution in [0.25, 0.3) is 21.9 Å². The van der Waals surface area contributed by atoms with Gasteiger partial charge in [0.25, 0.3) is 0 Å². The van der Waals surface area contributed by atoms with Gasteiger partial charge in [-0.1, -0.05) is 109 Å². The lowest BCUT2D eigenvalue weighted by molar-refractivity contribution is 0.990. The maximum Gasteiger partial charge on any atom is 0.0346 e. The van der Waals surface area contributed by atoms with Gasteiger partial charge in [-0.05, 0) is 57.6 Å². The molecule has 0 aromatic heterocycles. The average molecular weight is 400 g/mol. The first-order chi connectivity index (χ1) is 15.2. The number of benzene rings is 5. The summed E-state index contributed by atoms with van der Waals surface area (Å²) in [6.07, 6.45) is 0. The quantitative estimate of drug-likeness (QED) is 0.245. The van der Waals surface area contributed by atoms with E-state index in [4.69, 9.17) is 5.73 Å². The number of rotatable bonds is 4. The predicted molar refractivity (Wildman–Crippen MR) is 132 cm³/mol. The van der Waals surface area contributed by atoms with E-state index in [1.54, 1.807) is 0 Å². The SMILES string of the molecule is Cc1ccc(-c2cccc3c(C(c4ccccc4)c4ccccc4)cc(N)cc23)cc1. The topological polar surface area (TPSA) is 26.0 Å². The molecular weight excluding hydrogens is 374 g/mol. The molecule has 0 spiro atoms. The van der Waals surface area contributed by atoms with E-state index < -0.39 is 0 Å². The zero-order valence-corrected chi connectivity index (χ0v) is 17.6. The van der Waals surface area contributed by atoms with Gasteiger partial charge >= 0.3 is 0 Å². The van der Waals surface area contributed by atoms with E-state index in [1.807, 2.05) is 0 Å². The summed E-state index contributed by atoms with van der Waals surface area (Å²) in [6, 6.07) is 40.9. The third-order valence-corrected chi connectivity index (χ3v) is 5.99. The normalized spacial score (nSPS) is 11.2. The Morgan fingerprint density at radius 2 is 1.19 bits per heavy atom. The molecule has 0 saturated carbocycles. The Bertz CT molecular complexity index is 1280. The average Bonchev–Trinajstić information content (AvgIpc) is 2.81. The minimum absolute atomic E-state index is 0.113. The Labute approximate surface area is 183 Å². The largest absolute Gasteiger partial charge is 0.399 e. The molecule has 0 aliphatic heterocycles. The number of nitrogen functional groups attached to an aromatic ring is 1. The fourth-order valence-corrected chi connectivity index (χ4v) is 4.50. The number of hydrogen-bond acceptors (Lipinski definition) is 1.